The Balaban J connectivity index is 1.40. The van der Waals surface area contributed by atoms with E-state index >= 15 is 4.39 Å². The summed E-state index contributed by atoms with van der Waals surface area (Å²) in [5.74, 6) is -0.768. The monoisotopic (exact) mass is 461 g/mol. The molecule has 11 heteroatoms. The molecule has 2 N–H and O–H groups in total. The summed E-state index contributed by atoms with van der Waals surface area (Å²) >= 11 is 1.38. The molecule has 2 fully saturated rings. The van der Waals surface area contributed by atoms with Gasteiger partial charge in [-0.3, -0.25) is 19.5 Å². The molecule has 4 rings (SSSR count). The molecule has 9 nitrogen and oxygen atoms in total. The third kappa shape index (κ3) is 4.83. The van der Waals surface area contributed by atoms with Gasteiger partial charge in [0.25, 0.3) is 5.91 Å². The van der Waals surface area contributed by atoms with Gasteiger partial charge in [0, 0.05) is 26.6 Å². The molecule has 1 aromatic carbocycles. The summed E-state index contributed by atoms with van der Waals surface area (Å²) in [5, 5.41) is 6.03. The lowest BCUT2D eigenvalue weighted by atomic mass is 10.2. The minimum absolute atomic E-state index is 0.0981. The number of hydrazine groups is 1. The van der Waals surface area contributed by atoms with Crippen LogP contribution in [0.4, 0.5) is 20.6 Å². The summed E-state index contributed by atoms with van der Waals surface area (Å²) in [5.41, 5.74) is 3.90. The smallest absolute Gasteiger partial charge is 0.414 e. The van der Waals surface area contributed by atoms with Crippen LogP contribution in [0.3, 0.4) is 0 Å². The number of carbonyl (C=O) groups excluding carboxylic acids is 3. The highest BCUT2D eigenvalue weighted by atomic mass is 32.1. The minimum atomic E-state index is -0.575. The highest BCUT2D eigenvalue weighted by molar-refractivity contribution is 7.12. The average molecular weight is 462 g/mol. The summed E-state index contributed by atoms with van der Waals surface area (Å²) in [6, 6.07) is 8.23. The molecule has 0 bridgehead atoms. The van der Waals surface area contributed by atoms with Crippen molar-refractivity contribution >= 4 is 40.6 Å². The molecule has 0 spiro atoms. The molecule has 1 atom stereocenters. The van der Waals surface area contributed by atoms with E-state index in [9.17, 15) is 14.4 Å². The number of amides is 3. The summed E-state index contributed by atoms with van der Waals surface area (Å²) in [6.45, 7) is 3.70. The maximum Gasteiger partial charge on any atom is 0.414 e. The molecule has 32 heavy (non-hydrogen) atoms. The van der Waals surface area contributed by atoms with Crippen LogP contribution in [0.5, 0.6) is 0 Å². The zero-order valence-corrected chi connectivity index (χ0v) is 18.4. The fraction of sp³-hybridized carbons (Fsp3) is 0.381. The van der Waals surface area contributed by atoms with E-state index in [0.717, 1.165) is 0 Å². The Morgan fingerprint density at radius 2 is 2.12 bits per heavy atom. The SMILES string of the molecule is CC(=O)NC[C@H]1CN(c2ccc(N3CCNN(C(=O)c4cccs4)CC3)c(F)c2)C(=O)O1. The van der Waals surface area contributed by atoms with Gasteiger partial charge in [-0.05, 0) is 29.6 Å². The summed E-state index contributed by atoms with van der Waals surface area (Å²) in [7, 11) is 0. The molecule has 0 aliphatic carbocycles. The van der Waals surface area contributed by atoms with Gasteiger partial charge in [0.2, 0.25) is 5.91 Å². The summed E-state index contributed by atoms with van der Waals surface area (Å²) in [4.78, 5) is 39.7. The number of ether oxygens (including phenoxy) is 1. The van der Waals surface area contributed by atoms with Crippen LogP contribution in [0.1, 0.15) is 16.6 Å². The van der Waals surface area contributed by atoms with E-state index in [1.54, 1.807) is 23.2 Å². The van der Waals surface area contributed by atoms with Crippen molar-refractivity contribution < 1.29 is 23.5 Å². The second kappa shape index (κ2) is 9.53. The zero-order valence-electron chi connectivity index (χ0n) is 17.5. The topological polar surface area (TPSA) is 94.2 Å². The van der Waals surface area contributed by atoms with Crippen LogP contribution in [0.15, 0.2) is 35.7 Å². The Morgan fingerprint density at radius 3 is 2.84 bits per heavy atom. The Labute approximate surface area is 188 Å². The first-order valence-corrected chi connectivity index (χ1v) is 11.2. The second-order valence-corrected chi connectivity index (χ2v) is 8.47. The van der Waals surface area contributed by atoms with Crippen LogP contribution < -0.4 is 20.5 Å². The predicted octanol–water partition coefficient (Wildman–Crippen LogP) is 1.82. The van der Waals surface area contributed by atoms with Crippen LogP contribution in [-0.2, 0) is 9.53 Å². The van der Waals surface area contributed by atoms with E-state index in [1.165, 1.54) is 29.2 Å². The Kier molecular flexibility index (Phi) is 6.56. The first-order valence-electron chi connectivity index (χ1n) is 10.3. The average Bonchev–Trinajstić information content (AvgIpc) is 3.36. The van der Waals surface area contributed by atoms with E-state index in [2.05, 4.69) is 10.7 Å². The van der Waals surface area contributed by atoms with Gasteiger partial charge >= 0.3 is 6.09 Å². The molecule has 3 heterocycles. The number of benzene rings is 1. The molecule has 170 valence electrons. The Bertz CT molecular complexity index is 1000. The fourth-order valence-electron chi connectivity index (χ4n) is 3.70. The lowest BCUT2D eigenvalue weighted by molar-refractivity contribution is -0.119. The van der Waals surface area contributed by atoms with Crippen LogP contribution in [0, 0.1) is 5.82 Å². The van der Waals surface area contributed by atoms with Crippen molar-refractivity contribution in [3.05, 3.63) is 46.4 Å². The van der Waals surface area contributed by atoms with Gasteiger partial charge in [-0.15, -0.1) is 11.3 Å². The van der Waals surface area contributed by atoms with Crippen molar-refractivity contribution in [1.29, 1.82) is 0 Å². The molecule has 2 aliphatic rings. The van der Waals surface area contributed by atoms with E-state index in [0.29, 0.717) is 42.4 Å². The molecular weight excluding hydrogens is 437 g/mol. The number of nitrogens with one attached hydrogen (secondary N) is 2. The van der Waals surface area contributed by atoms with Gasteiger partial charge < -0.3 is 15.0 Å². The maximum atomic E-state index is 15.0. The minimum Gasteiger partial charge on any atom is -0.442 e. The number of hydrogen-bond acceptors (Lipinski definition) is 7. The van der Waals surface area contributed by atoms with E-state index < -0.39 is 18.0 Å². The van der Waals surface area contributed by atoms with Crippen molar-refractivity contribution in [2.75, 3.05) is 49.1 Å². The quantitative estimate of drug-likeness (QED) is 0.706. The summed E-state index contributed by atoms with van der Waals surface area (Å²) in [6.07, 6.45) is -1.06. The third-order valence-electron chi connectivity index (χ3n) is 5.29. The van der Waals surface area contributed by atoms with E-state index in [1.807, 2.05) is 16.3 Å². The lowest BCUT2D eigenvalue weighted by Crippen LogP contribution is -2.43. The maximum absolute atomic E-state index is 15.0. The van der Waals surface area contributed by atoms with Crippen molar-refractivity contribution in [3.63, 3.8) is 0 Å². The first kappa shape index (κ1) is 22.0. The molecule has 1 aromatic heterocycles. The number of nitrogens with zero attached hydrogens (tertiary/aromatic N) is 3. The van der Waals surface area contributed by atoms with Crippen molar-refractivity contribution in [2.24, 2.45) is 0 Å². The largest absolute Gasteiger partial charge is 0.442 e. The first-order chi connectivity index (χ1) is 15.4. The molecule has 0 radical (unpaired) electrons. The molecule has 2 saturated heterocycles. The van der Waals surface area contributed by atoms with Crippen molar-refractivity contribution in [2.45, 2.75) is 13.0 Å². The number of cyclic esters (lactones) is 1. The zero-order chi connectivity index (χ0) is 22.7. The number of anilines is 2. The van der Waals surface area contributed by atoms with Crippen LogP contribution >= 0.6 is 11.3 Å². The normalized spacial score (nSPS) is 19.0. The van der Waals surface area contributed by atoms with Crippen LogP contribution in [0.2, 0.25) is 0 Å². The number of carbonyl (C=O) groups is 3. The lowest BCUT2D eigenvalue weighted by Gasteiger charge is -2.24. The molecule has 2 aliphatic heterocycles. The molecule has 2 aromatic rings. The Morgan fingerprint density at radius 1 is 1.28 bits per heavy atom. The van der Waals surface area contributed by atoms with Gasteiger partial charge in [-0.1, -0.05) is 6.07 Å². The van der Waals surface area contributed by atoms with Gasteiger partial charge in [0.15, 0.2) is 0 Å². The molecular formula is C21H24FN5O4S. The number of halogens is 1. The number of hydrogen-bond donors (Lipinski definition) is 2. The highest BCUT2D eigenvalue weighted by Gasteiger charge is 2.33. The summed E-state index contributed by atoms with van der Waals surface area (Å²) < 4.78 is 20.2. The highest BCUT2D eigenvalue weighted by Crippen LogP contribution is 2.28. The molecule has 0 unspecified atom stereocenters. The molecule has 3 amide bonds. The number of rotatable bonds is 5. The second-order valence-electron chi connectivity index (χ2n) is 7.52. The van der Waals surface area contributed by atoms with Crippen molar-refractivity contribution in [1.82, 2.24) is 15.8 Å². The van der Waals surface area contributed by atoms with Crippen LogP contribution in [0.25, 0.3) is 0 Å². The standard InChI is InChI=1S/C21H24FN5O4S/c1-14(28)23-12-16-13-26(21(30)31-16)15-4-5-18(17(22)11-15)25-7-6-24-27(9-8-25)20(29)19-3-2-10-32-19/h2-5,10-11,16,24H,6-9,12-13H2,1H3,(H,23,28)/t16-/m0/s1. The number of thiophene rings is 1. The predicted molar refractivity (Wildman–Crippen MR) is 118 cm³/mol. The Hall–Kier alpha value is -3.18. The van der Waals surface area contributed by atoms with E-state index in [-0.39, 0.29) is 24.9 Å². The van der Waals surface area contributed by atoms with Gasteiger partial charge in [0.1, 0.15) is 11.9 Å². The van der Waals surface area contributed by atoms with Gasteiger partial charge in [-0.2, -0.15) is 0 Å². The van der Waals surface area contributed by atoms with E-state index in [4.69, 9.17) is 4.74 Å². The third-order valence-corrected chi connectivity index (χ3v) is 6.15. The fourth-order valence-corrected chi connectivity index (χ4v) is 4.37. The van der Waals surface area contributed by atoms with Gasteiger partial charge in [-0.25, -0.2) is 14.6 Å². The molecule has 0 saturated carbocycles. The van der Waals surface area contributed by atoms with Crippen LogP contribution in [-0.4, -0.2) is 68.3 Å². The van der Waals surface area contributed by atoms with Crippen molar-refractivity contribution in [3.8, 4) is 0 Å². The van der Waals surface area contributed by atoms with Gasteiger partial charge in [0.05, 0.1) is 35.9 Å².